The van der Waals surface area contributed by atoms with Gasteiger partial charge in [0, 0.05) is 16.3 Å². The van der Waals surface area contributed by atoms with Crippen LogP contribution in [0, 0.1) is 6.92 Å². The number of para-hydroxylation sites is 1. The number of aliphatic hydroxyl groups excluding tert-OH is 1. The second kappa shape index (κ2) is 4.78. The van der Waals surface area contributed by atoms with E-state index in [-0.39, 0.29) is 0 Å². The fourth-order valence-electron chi connectivity index (χ4n) is 1.80. The number of halogens is 1. The zero-order valence-electron chi connectivity index (χ0n) is 9.52. The molecule has 0 bridgehead atoms. The van der Waals surface area contributed by atoms with Crippen molar-refractivity contribution in [2.45, 2.75) is 13.0 Å². The molecule has 3 heteroatoms. The molecular formula is C14H14ClNO. The Morgan fingerprint density at radius 2 is 1.88 bits per heavy atom. The molecule has 0 heterocycles. The van der Waals surface area contributed by atoms with E-state index in [1.54, 1.807) is 12.1 Å². The molecule has 2 aromatic carbocycles. The van der Waals surface area contributed by atoms with Crippen molar-refractivity contribution in [2.75, 3.05) is 5.73 Å². The summed E-state index contributed by atoms with van der Waals surface area (Å²) in [4.78, 5) is 0. The lowest BCUT2D eigenvalue weighted by molar-refractivity contribution is 0.221. The molecule has 2 aromatic rings. The molecule has 0 aromatic heterocycles. The van der Waals surface area contributed by atoms with Crippen molar-refractivity contribution in [3.63, 3.8) is 0 Å². The Kier molecular flexibility index (Phi) is 3.36. The van der Waals surface area contributed by atoms with Crippen LogP contribution >= 0.6 is 11.6 Å². The average Bonchev–Trinajstić information content (AvgIpc) is 2.32. The summed E-state index contributed by atoms with van der Waals surface area (Å²) >= 11 is 5.91. The quantitative estimate of drug-likeness (QED) is 0.800. The van der Waals surface area contributed by atoms with Crippen molar-refractivity contribution in [1.82, 2.24) is 0 Å². The Morgan fingerprint density at radius 3 is 2.59 bits per heavy atom. The van der Waals surface area contributed by atoms with Crippen LogP contribution in [0.5, 0.6) is 0 Å². The van der Waals surface area contributed by atoms with E-state index in [2.05, 4.69) is 0 Å². The molecule has 2 nitrogen and oxygen atoms in total. The third kappa shape index (κ3) is 2.43. The van der Waals surface area contributed by atoms with E-state index in [0.717, 1.165) is 11.1 Å². The first-order valence-electron chi connectivity index (χ1n) is 5.38. The monoisotopic (exact) mass is 247 g/mol. The van der Waals surface area contributed by atoms with E-state index in [1.165, 1.54) is 0 Å². The van der Waals surface area contributed by atoms with Gasteiger partial charge in [-0.1, -0.05) is 41.9 Å². The van der Waals surface area contributed by atoms with E-state index in [1.807, 2.05) is 37.3 Å². The molecule has 0 aliphatic heterocycles. The third-order valence-corrected chi connectivity index (χ3v) is 3.05. The van der Waals surface area contributed by atoms with Gasteiger partial charge < -0.3 is 10.8 Å². The Morgan fingerprint density at radius 1 is 1.18 bits per heavy atom. The Labute approximate surface area is 106 Å². The van der Waals surface area contributed by atoms with Crippen molar-refractivity contribution < 1.29 is 5.11 Å². The number of nitrogen functional groups attached to an aromatic ring is 1. The van der Waals surface area contributed by atoms with Gasteiger partial charge in [0.25, 0.3) is 0 Å². The van der Waals surface area contributed by atoms with Crippen LogP contribution in [-0.2, 0) is 0 Å². The maximum Gasteiger partial charge on any atom is 0.106 e. The predicted octanol–water partition coefficient (Wildman–Crippen LogP) is 3.31. The lowest BCUT2D eigenvalue weighted by Gasteiger charge is -2.15. The maximum absolute atomic E-state index is 10.3. The van der Waals surface area contributed by atoms with Crippen LogP contribution in [0.1, 0.15) is 22.8 Å². The summed E-state index contributed by atoms with van der Waals surface area (Å²) in [6.45, 7) is 1.92. The van der Waals surface area contributed by atoms with E-state index >= 15 is 0 Å². The molecular weight excluding hydrogens is 234 g/mol. The lowest BCUT2D eigenvalue weighted by atomic mass is 9.98. The first-order chi connectivity index (χ1) is 8.09. The Balaban J connectivity index is 2.44. The number of hydrogen-bond acceptors (Lipinski definition) is 2. The summed E-state index contributed by atoms with van der Waals surface area (Å²) in [6.07, 6.45) is -0.742. The van der Waals surface area contributed by atoms with Gasteiger partial charge in [0.05, 0.1) is 0 Å². The van der Waals surface area contributed by atoms with Crippen LogP contribution in [0.15, 0.2) is 42.5 Å². The molecule has 1 atom stereocenters. The summed E-state index contributed by atoms with van der Waals surface area (Å²) < 4.78 is 0. The van der Waals surface area contributed by atoms with Gasteiger partial charge in [0.1, 0.15) is 6.10 Å². The minimum absolute atomic E-state index is 0.604. The van der Waals surface area contributed by atoms with Crippen molar-refractivity contribution in [1.29, 1.82) is 0 Å². The molecule has 2 rings (SSSR count). The van der Waals surface area contributed by atoms with Gasteiger partial charge in [0.15, 0.2) is 0 Å². The fourth-order valence-corrected chi connectivity index (χ4v) is 2.00. The fraction of sp³-hybridized carbons (Fsp3) is 0.143. The zero-order valence-corrected chi connectivity index (χ0v) is 10.3. The summed E-state index contributed by atoms with van der Waals surface area (Å²) in [5.41, 5.74) is 9.01. The van der Waals surface area contributed by atoms with Crippen LogP contribution in [-0.4, -0.2) is 5.11 Å². The molecule has 0 fully saturated rings. The van der Waals surface area contributed by atoms with Crippen LogP contribution in [0.25, 0.3) is 0 Å². The van der Waals surface area contributed by atoms with Gasteiger partial charge in [0.2, 0.25) is 0 Å². The topological polar surface area (TPSA) is 46.2 Å². The predicted molar refractivity (Wildman–Crippen MR) is 71.1 cm³/mol. The highest BCUT2D eigenvalue weighted by Gasteiger charge is 2.14. The third-order valence-electron chi connectivity index (χ3n) is 2.82. The average molecular weight is 248 g/mol. The molecule has 88 valence electrons. The van der Waals surface area contributed by atoms with Crippen LogP contribution in [0.2, 0.25) is 5.02 Å². The van der Waals surface area contributed by atoms with Crippen LogP contribution < -0.4 is 5.73 Å². The standard InChI is InChI=1S/C14H14ClNO/c1-9-4-2-7-12(13(9)16)14(17)10-5-3-6-11(15)8-10/h2-8,14,17H,16H2,1H3. The van der Waals surface area contributed by atoms with Gasteiger partial charge in [-0.05, 0) is 30.2 Å². The Bertz CT molecular complexity index is 539. The second-order valence-electron chi connectivity index (χ2n) is 4.04. The van der Waals surface area contributed by atoms with Crippen molar-refractivity contribution in [3.05, 3.63) is 64.2 Å². The number of aliphatic hydroxyl groups is 1. The molecule has 0 aliphatic carbocycles. The minimum atomic E-state index is -0.742. The highest BCUT2D eigenvalue weighted by molar-refractivity contribution is 6.30. The first-order valence-corrected chi connectivity index (χ1v) is 5.76. The van der Waals surface area contributed by atoms with Crippen molar-refractivity contribution in [2.24, 2.45) is 0 Å². The molecule has 0 saturated carbocycles. The second-order valence-corrected chi connectivity index (χ2v) is 4.47. The van der Waals surface area contributed by atoms with Gasteiger partial charge in [-0.3, -0.25) is 0 Å². The van der Waals surface area contributed by atoms with E-state index in [0.29, 0.717) is 16.3 Å². The normalized spacial score (nSPS) is 12.4. The number of aryl methyl sites for hydroxylation is 1. The van der Waals surface area contributed by atoms with E-state index in [4.69, 9.17) is 17.3 Å². The van der Waals surface area contributed by atoms with E-state index in [9.17, 15) is 5.11 Å². The van der Waals surface area contributed by atoms with Crippen LogP contribution in [0.3, 0.4) is 0 Å². The zero-order chi connectivity index (χ0) is 12.4. The highest BCUT2D eigenvalue weighted by Crippen LogP contribution is 2.29. The number of rotatable bonds is 2. The number of benzene rings is 2. The smallest absolute Gasteiger partial charge is 0.106 e. The number of anilines is 1. The van der Waals surface area contributed by atoms with Crippen molar-refractivity contribution >= 4 is 17.3 Å². The summed E-state index contributed by atoms with van der Waals surface area (Å²) in [7, 11) is 0. The first kappa shape index (κ1) is 12.0. The summed E-state index contributed by atoms with van der Waals surface area (Å²) in [6, 6.07) is 12.8. The molecule has 0 amide bonds. The van der Waals surface area contributed by atoms with Gasteiger partial charge in [-0.25, -0.2) is 0 Å². The molecule has 17 heavy (non-hydrogen) atoms. The van der Waals surface area contributed by atoms with E-state index < -0.39 is 6.10 Å². The molecule has 3 N–H and O–H groups in total. The lowest BCUT2D eigenvalue weighted by Crippen LogP contribution is -2.05. The molecule has 1 unspecified atom stereocenters. The summed E-state index contributed by atoms with van der Waals surface area (Å²) in [5, 5.41) is 10.9. The number of hydrogen-bond donors (Lipinski definition) is 2. The molecule has 0 aliphatic rings. The molecule has 0 spiro atoms. The Hall–Kier alpha value is -1.51. The summed E-state index contributed by atoms with van der Waals surface area (Å²) in [5.74, 6) is 0. The van der Waals surface area contributed by atoms with Crippen molar-refractivity contribution in [3.8, 4) is 0 Å². The minimum Gasteiger partial charge on any atom is -0.398 e. The number of nitrogens with two attached hydrogens (primary N) is 1. The highest BCUT2D eigenvalue weighted by atomic mass is 35.5. The largest absolute Gasteiger partial charge is 0.398 e. The SMILES string of the molecule is Cc1cccc(C(O)c2cccc(Cl)c2)c1N. The maximum atomic E-state index is 10.3. The van der Waals surface area contributed by atoms with Gasteiger partial charge in [-0.2, -0.15) is 0 Å². The van der Waals surface area contributed by atoms with Gasteiger partial charge in [-0.15, -0.1) is 0 Å². The van der Waals surface area contributed by atoms with Crippen LogP contribution in [0.4, 0.5) is 5.69 Å². The molecule has 0 radical (unpaired) electrons. The van der Waals surface area contributed by atoms with Gasteiger partial charge >= 0.3 is 0 Å². The molecule has 0 saturated heterocycles.